The minimum absolute atomic E-state index is 0.0675. The Morgan fingerprint density at radius 2 is 2.05 bits per heavy atom. The van der Waals surface area contributed by atoms with Crippen LogP contribution in [0.15, 0.2) is 6.07 Å². The van der Waals surface area contributed by atoms with Gasteiger partial charge in [-0.2, -0.15) is 13.2 Å². The van der Waals surface area contributed by atoms with Crippen molar-refractivity contribution in [2.24, 2.45) is 0 Å². The molecule has 1 nitrogen and oxygen atoms in total. The molecule has 19 heavy (non-hydrogen) atoms. The van der Waals surface area contributed by atoms with E-state index >= 15 is 0 Å². The van der Waals surface area contributed by atoms with E-state index in [0.717, 1.165) is 12.8 Å². The largest absolute Gasteiger partial charge is 0.389 e. The third-order valence-corrected chi connectivity index (χ3v) is 5.01. The van der Waals surface area contributed by atoms with Gasteiger partial charge in [0.2, 0.25) is 0 Å². The van der Waals surface area contributed by atoms with Crippen molar-refractivity contribution in [2.75, 3.05) is 7.05 Å². The summed E-state index contributed by atoms with van der Waals surface area (Å²) >= 11 is 1.78. The Morgan fingerprint density at radius 1 is 1.32 bits per heavy atom. The predicted octanol–water partition coefficient (Wildman–Crippen LogP) is 4.62. The van der Waals surface area contributed by atoms with E-state index in [4.69, 9.17) is 0 Å². The summed E-state index contributed by atoms with van der Waals surface area (Å²) in [5.41, 5.74) is 1.42. The minimum atomic E-state index is -4.03. The molecule has 1 atom stereocenters. The predicted molar refractivity (Wildman–Crippen MR) is 72.7 cm³/mol. The second-order valence-electron chi connectivity index (χ2n) is 5.15. The summed E-state index contributed by atoms with van der Waals surface area (Å²) in [6, 6.07) is 2.27. The number of rotatable bonds is 5. The summed E-state index contributed by atoms with van der Waals surface area (Å²) in [6.07, 6.45) is 0.771. The molecule has 1 aliphatic rings. The van der Waals surface area contributed by atoms with E-state index in [1.54, 1.807) is 11.3 Å². The first-order valence-electron chi connectivity index (χ1n) is 6.85. The molecule has 0 amide bonds. The van der Waals surface area contributed by atoms with Crippen molar-refractivity contribution in [1.29, 1.82) is 0 Å². The Labute approximate surface area is 116 Å². The van der Waals surface area contributed by atoms with Gasteiger partial charge in [-0.25, -0.2) is 0 Å². The van der Waals surface area contributed by atoms with Crippen LogP contribution in [0.25, 0.3) is 0 Å². The van der Waals surface area contributed by atoms with Gasteiger partial charge in [0, 0.05) is 22.2 Å². The van der Waals surface area contributed by atoms with Gasteiger partial charge in [-0.15, -0.1) is 11.3 Å². The molecule has 0 saturated heterocycles. The fourth-order valence-corrected chi connectivity index (χ4v) is 4.02. The highest BCUT2D eigenvalue weighted by atomic mass is 32.1. The summed E-state index contributed by atoms with van der Waals surface area (Å²) in [5, 5.41) is 3.16. The van der Waals surface area contributed by atoms with Gasteiger partial charge in [0.25, 0.3) is 0 Å². The number of fused-ring (bicyclic) bond motifs is 1. The Kier molecular flexibility index (Phi) is 4.90. The first kappa shape index (κ1) is 14.9. The Balaban J connectivity index is 1.95. The van der Waals surface area contributed by atoms with Crippen LogP contribution < -0.4 is 5.32 Å². The van der Waals surface area contributed by atoms with Crippen molar-refractivity contribution in [1.82, 2.24) is 5.32 Å². The van der Waals surface area contributed by atoms with Crippen LogP contribution in [0.1, 0.15) is 53.5 Å². The quantitative estimate of drug-likeness (QED) is 0.834. The van der Waals surface area contributed by atoms with E-state index in [2.05, 4.69) is 11.4 Å². The molecule has 1 aromatic heterocycles. The van der Waals surface area contributed by atoms with Crippen molar-refractivity contribution < 1.29 is 13.2 Å². The lowest BCUT2D eigenvalue weighted by molar-refractivity contribution is -0.135. The van der Waals surface area contributed by atoms with Gasteiger partial charge in [-0.1, -0.05) is 0 Å². The third-order valence-electron chi connectivity index (χ3n) is 3.66. The average Bonchev–Trinajstić information content (AvgIpc) is 2.76. The van der Waals surface area contributed by atoms with Crippen LogP contribution in [0.4, 0.5) is 13.2 Å². The fraction of sp³-hybridized carbons (Fsp3) is 0.714. The van der Waals surface area contributed by atoms with Crippen LogP contribution >= 0.6 is 11.3 Å². The molecule has 1 unspecified atom stereocenters. The highest BCUT2D eigenvalue weighted by Gasteiger charge is 2.27. The van der Waals surface area contributed by atoms with E-state index < -0.39 is 12.6 Å². The molecule has 1 heterocycles. The van der Waals surface area contributed by atoms with Crippen molar-refractivity contribution in [2.45, 2.75) is 57.2 Å². The van der Waals surface area contributed by atoms with Crippen LogP contribution in [0.3, 0.4) is 0 Å². The van der Waals surface area contributed by atoms with Crippen molar-refractivity contribution in [3.63, 3.8) is 0 Å². The lowest BCUT2D eigenvalue weighted by Gasteiger charge is -2.15. The Bertz CT molecular complexity index is 388. The number of thiophene rings is 1. The maximum atomic E-state index is 12.2. The maximum absolute atomic E-state index is 12.2. The van der Waals surface area contributed by atoms with Crippen molar-refractivity contribution in [3.05, 3.63) is 21.4 Å². The molecular formula is C14H20F3NS. The van der Waals surface area contributed by atoms with E-state index in [-0.39, 0.29) is 12.5 Å². The second-order valence-corrected chi connectivity index (χ2v) is 6.32. The fourth-order valence-electron chi connectivity index (χ4n) is 2.62. The molecule has 0 saturated carbocycles. The van der Waals surface area contributed by atoms with Gasteiger partial charge in [-0.05, 0) is 57.2 Å². The maximum Gasteiger partial charge on any atom is 0.389 e. The number of hydrogen-bond acceptors (Lipinski definition) is 2. The summed E-state index contributed by atoms with van der Waals surface area (Å²) in [4.78, 5) is 2.65. The third kappa shape index (κ3) is 4.21. The molecule has 2 rings (SSSR count). The van der Waals surface area contributed by atoms with Gasteiger partial charge in [0.05, 0.1) is 0 Å². The lowest BCUT2D eigenvalue weighted by Crippen LogP contribution is -2.16. The average molecular weight is 291 g/mol. The van der Waals surface area contributed by atoms with Crippen LogP contribution in [-0.4, -0.2) is 13.2 Å². The van der Waals surface area contributed by atoms with E-state index in [9.17, 15) is 13.2 Å². The van der Waals surface area contributed by atoms with Gasteiger partial charge in [-0.3, -0.25) is 0 Å². The van der Waals surface area contributed by atoms with Crippen molar-refractivity contribution in [3.8, 4) is 0 Å². The molecule has 0 radical (unpaired) electrons. The first-order valence-corrected chi connectivity index (χ1v) is 7.67. The lowest BCUT2D eigenvalue weighted by atomic mass is 9.98. The minimum Gasteiger partial charge on any atom is -0.312 e. The number of alkyl halides is 3. The molecular weight excluding hydrogens is 271 g/mol. The highest BCUT2D eigenvalue weighted by molar-refractivity contribution is 7.12. The number of aryl methyl sites for hydroxylation is 2. The zero-order valence-electron chi connectivity index (χ0n) is 11.1. The van der Waals surface area contributed by atoms with Crippen molar-refractivity contribution >= 4 is 11.3 Å². The topological polar surface area (TPSA) is 12.0 Å². The Hall–Kier alpha value is -0.550. The van der Waals surface area contributed by atoms with Gasteiger partial charge < -0.3 is 5.32 Å². The van der Waals surface area contributed by atoms with Crippen LogP contribution in [0, 0.1) is 0 Å². The number of hydrogen-bond donors (Lipinski definition) is 1. The normalized spacial score (nSPS) is 17.3. The van der Waals surface area contributed by atoms with Gasteiger partial charge in [0.1, 0.15) is 0 Å². The molecule has 0 aromatic carbocycles. The van der Waals surface area contributed by atoms with Crippen LogP contribution in [0.5, 0.6) is 0 Å². The SMILES string of the molecule is CNC(CCCC(F)(F)F)c1cc2c(s1)CCCC2. The van der Waals surface area contributed by atoms with Gasteiger partial charge in [0.15, 0.2) is 0 Å². The van der Waals surface area contributed by atoms with Gasteiger partial charge >= 0.3 is 6.18 Å². The smallest absolute Gasteiger partial charge is 0.312 e. The molecule has 0 spiro atoms. The summed E-state index contributed by atoms with van der Waals surface area (Å²) in [7, 11) is 1.83. The van der Waals surface area contributed by atoms with Crippen LogP contribution in [0.2, 0.25) is 0 Å². The van der Waals surface area contributed by atoms with Crippen LogP contribution in [-0.2, 0) is 12.8 Å². The number of halogens is 3. The summed E-state index contributed by atoms with van der Waals surface area (Å²) < 4.78 is 36.5. The summed E-state index contributed by atoms with van der Waals surface area (Å²) in [5.74, 6) is 0. The van der Waals surface area contributed by atoms with E-state index in [0.29, 0.717) is 6.42 Å². The molecule has 1 aromatic rings. The molecule has 0 bridgehead atoms. The monoisotopic (exact) mass is 291 g/mol. The molecule has 5 heteroatoms. The first-order chi connectivity index (χ1) is 8.99. The highest BCUT2D eigenvalue weighted by Crippen LogP contribution is 2.35. The van der Waals surface area contributed by atoms with E-state index in [1.165, 1.54) is 28.2 Å². The summed E-state index contributed by atoms with van der Waals surface area (Å²) in [6.45, 7) is 0. The molecule has 108 valence electrons. The molecule has 0 fully saturated rings. The Morgan fingerprint density at radius 3 is 2.68 bits per heavy atom. The zero-order chi connectivity index (χ0) is 13.9. The zero-order valence-corrected chi connectivity index (χ0v) is 12.0. The second kappa shape index (κ2) is 6.27. The van der Waals surface area contributed by atoms with E-state index in [1.807, 2.05) is 7.05 Å². The molecule has 1 aliphatic carbocycles. The molecule has 1 N–H and O–H groups in total. The standard InChI is InChI=1S/C14H20F3NS/c1-18-11(6-4-8-14(15,16)17)13-9-10-5-2-3-7-12(10)19-13/h9,11,18H,2-8H2,1H3. The molecule has 0 aliphatic heterocycles. The number of nitrogens with one attached hydrogen (secondary N) is 1.